The van der Waals surface area contributed by atoms with Gasteiger partial charge in [0.2, 0.25) is 0 Å². The molecule has 5 heteroatoms. The Bertz CT molecular complexity index is 700. The zero-order valence-corrected chi connectivity index (χ0v) is 11.5. The number of nitrogens with zero attached hydrogens (tertiary/aromatic N) is 4. The molecule has 2 aromatic heterocycles. The summed E-state index contributed by atoms with van der Waals surface area (Å²) in [5, 5.41) is 0. The van der Waals surface area contributed by atoms with E-state index in [1.807, 2.05) is 46.9 Å². The van der Waals surface area contributed by atoms with Gasteiger partial charge in [0.1, 0.15) is 5.75 Å². The third-order valence-corrected chi connectivity index (χ3v) is 3.23. The maximum atomic E-state index is 5.35. The van der Waals surface area contributed by atoms with E-state index in [-0.39, 0.29) is 0 Å². The average molecular weight is 268 g/mol. The molecule has 2 heterocycles. The van der Waals surface area contributed by atoms with Crippen molar-refractivity contribution >= 4 is 0 Å². The largest absolute Gasteiger partial charge is 0.496 e. The third-order valence-electron chi connectivity index (χ3n) is 3.23. The molecule has 0 spiro atoms. The first kappa shape index (κ1) is 12.5. The molecule has 0 atom stereocenters. The number of rotatable bonds is 4. The summed E-state index contributed by atoms with van der Waals surface area (Å²) in [6.07, 6.45) is 9.31. The highest BCUT2D eigenvalue weighted by atomic mass is 16.5. The molecule has 20 heavy (non-hydrogen) atoms. The molecule has 0 unspecified atom stereocenters. The molecule has 1 aromatic carbocycles. The van der Waals surface area contributed by atoms with Crippen LogP contribution in [0.2, 0.25) is 0 Å². The number of aromatic nitrogens is 4. The smallest absolute Gasteiger partial charge is 0.123 e. The summed E-state index contributed by atoms with van der Waals surface area (Å²) in [5.74, 6) is 0.882. The van der Waals surface area contributed by atoms with Crippen LogP contribution in [-0.2, 0) is 6.54 Å². The van der Waals surface area contributed by atoms with Crippen molar-refractivity contribution in [1.82, 2.24) is 19.1 Å². The molecule has 0 aliphatic carbocycles. The topological polar surface area (TPSA) is 44.9 Å². The fourth-order valence-corrected chi connectivity index (χ4v) is 2.12. The number of imidazole rings is 2. The molecular formula is C15H16N4O. The molecule has 102 valence electrons. The Hall–Kier alpha value is -2.56. The highest BCUT2D eigenvalue weighted by Crippen LogP contribution is 2.21. The van der Waals surface area contributed by atoms with Gasteiger partial charge in [-0.15, -0.1) is 0 Å². The van der Waals surface area contributed by atoms with E-state index in [1.165, 1.54) is 0 Å². The summed E-state index contributed by atoms with van der Waals surface area (Å²) in [7, 11) is 1.69. The second-order valence-corrected chi connectivity index (χ2v) is 4.66. The summed E-state index contributed by atoms with van der Waals surface area (Å²) >= 11 is 0. The molecule has 5 nitrogen and oxygen atoms in total. The van der Waals surface area contributed by atoms with Gasteiger partial charge in [-0.05, 0) is 18.6 Å². The fraction of sp³-hybridized carbons (Fsp3) is 0.200. The van der Waals surface area contributed by atoms with Gasteiger partial charge in [-0.2, -0.15) is 0 Å². The van der Waals surface area contributed by atoms with Crippen LogP contribution in [0.15, 0.2) is 49.4 Å². The number of ether oxygens (including phenoxy) is 1. The summed E-state index contributed by atoms with van der Waals surface area (Å²) in [6, 6.07) is 6.11. The van der Waals surface area contributed by atoms with E-state index in [4.69, 9.17) is 4.74 Å². The van der Waals surface area contributed by atoms with Crippen molar-refractivity contribution in [2.45, 2.75) is 13.5 Å². The number of benzene rings is 1. The monoisotopic (exact) mass is 268 g/mol. The number of hydrogen-bond acceptors (Lipinski definition) is 3. The molecular weight excluding hydrogens is 252 g/mol. The van der Waals surface area contributed by atoms with Gasteiger partial charge in [0, 0.05) is 24.7 Å². The van der Waals surface area contributed by atoms with E-state index in [1.54, 1.807) is 19.6 Å². The second kappa shape index (κ2) is 5.21. The van der Waals surface area contributed by atoms with Crippen molar-refractivity contribution in [3.8, 4) is 11.4 Å². The Morgan fingerprint density at radius 1 is 1.25 bits per heavy atom. The van der Waals surface area contributed by atoms with Crippen molar-refractivity contribution < 1.29 is 4.74 Å². The van der Waals surface area contributed by atoms with Gasteiger partial charge in [-0.1, -0.05) is 6.07 Å². The van der Waals surface area contributed by atoms with Crippen LogP contribution in [0.4, 0.5) is 0 Å². The zero-order valence-electron chi connectivity index (χ0n) is 11.5. The van der Waals surface area contributed by atoms with E-state index in [0.29, 0.717) is 0 Å². The van der Waals surface area contributed by atoms with Crippen molar-refractivity contribution in [2.75, 3.05) is 7.11 Å². The molecule has 0 amide bonds. The first-order valence-corrected chi connectivity index (χ1v) is 6.40. The molecule has 0 fully saturated rings. The lowest BCUT2D eigenvalue weighted by molar-refractivity contribution is 0.411. The molecule has 0 aliphatic heterocycles. The van der Waals surface area contributed by atoms with E-state index in [0.717, 1.165) is 29.2 Å². The Morgan fingerprint density at radius 3 is 2.90 bits per heavy atom. The lowest BCUT2D eigenvalue weighted by Crippen LogP contribution is -1.96. The number of aryl methyl sites for hydroxylation is 1. The normalized spacial score (nSPS) is 10.7. The van der Waals surface area contributed by atoms with Crippen LogP contribution in [0, 0.1) is 6.92 Å². The van der Waals surface area contributed by atoms with Gasteiger partial charge in [0.15, 0.2) is 0 Å². The zero-order chi connectivity index (χ0) is 13.9. The average Bonchev–Trinajstić information content (AvgIpc) is 3.12. The highest BCUT2D eigenvalue weighted by molar-refractivity contribution is 5.44. The van der Waals surface area contributed by atoms with Crippen LogP contribution in [0.3, 0.4) is 0 Å². The van der Waals surface area contributed by atoms with Gasteiger partial charge in [-0.3, -0.25) is 0 Å². The fourth-order valence-electron chi connectivity index (χ4n) is 2.12. The van der Waals surface area contributed by atoms with Gasteiger partial charge in [0.05, 0.1) is 37.7 Å². The minimum Gasteiger partial charge on any atom is -0.496 e. The number of hydrogen-bond donors (Lipinski definition) is 0. The van der Waals surface area contributed by atoms with Gasteiger partial charge in [-0.25, -0.2) is 9.97 Å². The van der Waals surface area contributed by atoms with E-state index in [2.05, 4.69) is 16.0 Å². The number of methoxy groups -OCH3 is 1. The third kappa shape index (κ3) is 2.42. The van der Waals surface area contributed by atoms with Crippen molar-refractivity contribution in [3.63, 3.8) is 0 Å². The van der Waals surface area contributed by atoms with E-state index in [9.17, 15) is 0 Å². The Kier molecular flexibility index (Phi) is 3.25. The minimum absolute atomic E-state index is 0.718. The first-order chi connectivity index (χ1) is 9.76. The highest BCUT2D eigenvalue weighted by Gasteiger charge is 2.04. The predicted molar refractivity (Wildman–Crippen MR) is 76.2 cm³/mol. The van der Waals surface area contributed by atoms with E-state index < -0.39 is 0 Å². The van der Waals surface area contributed by atoms with Crippen LogP contribution in [0.25, 0.3) is 5.69 Å². The van der Waals surface area contributed by atoms with Gasteiger partial charge in [0.25, 0.3) is 0 Å². The summed E-state index contributed by atoms with van der Waals surface area (Å²) in [6.45, 7) is 2.75. The molecule has 0 aliphatic rings. The molecule has 0 saturated heterocycles. The molecule has 0 bridgehead atoms. The lowest BCUT2D eigenvalue weighted by Gasteiger charge is -2.08. The Labute approximate surface area is 117 Å². The molecule has 3 rings (SSSR count). The van der Waals surface area contributed by atoms with Crippen LogP contribution < -0.4 is 4.74 Å². The molecule has 0 radical (unpaired) electrons. The van der Waals surface area contributed by atoms with E-state index >= 15 is 0 Å². The standard InChI is InChI=1S/C15H16N4O/c1-12-3-4-14(7-15(12)20-2)19-9-13(17-11-19)8-18-6-5-16-10-18/h3-7,9-11H,8H2,1-2H3. The first-order valence-electron chi connectivity index (χ1n) is 6.40. The van der Waals surface area contributed by atoms with Crippen molar-refractivity contribution in [3.05, 3.63) is 60.7 Å². The Balaban J connectivity index is 1.86. The Morgan fingerprint density at radius 2 is 2.15 bits per heavy atom. The SMILES string of the molecule is COc1cc(-n2cnc(Cn3ccnc3)c2)ccc1C. The van der Waals surface area contributed by atoms with Crippen molar-refractivity contribution in [1.29, 1.82) is 0 Å². The maximum absolute atomic E-state index is 5.35. The minimum atomic E-state index is 0.718. The van der Waals surface area contributed by atoms with Crippen LogP contribution in [-0.4, -0.2) is 26.2 Å². The maximum Gasteiger partial charge on any atom is 0.123 e. The van der Waals surface area contributed by atoms with Gasteiger partial charge < -0.3 is 13.9 Å². The van der Waals surface area contributed by atoms with Crippen molar-refractivity contribution in [2.24, 2.45) is 0 Å². The van der Waals surface area contributed by atoms with Crippen LogP contribution in [0.1, 0.15) is 11.3 Å². The van der Waals surface area contributed by atoms with Crippen LogP contribution >= 0.6 is 0 Å². The second-order valence-electron chi connectivity index (χ2n) is 4.66. The molecule has 0 N–H and O–H groups in total. The molecule has 3 aromatic rings. The quantitative estimate of drug-likeness (QED) is 0.730. The summed E-state index contributed by atoms with van der Waals surface area (Å²) in [5.41, 5.74) is 3.15. The van der Waals surface area contributed by atoms with Gasteiger partial charge >= 0.3 is 0 Å². The summed E-state index contributed by atoms with van der Waals surface area (Å²) < 4.78 is 9.34. The lowest BCUT2D eigenvalue weighted by atomic mass is 10.2. The summed E-state index contributed by atoms with van der Waals surface area (Å²) in [4.78, 5) is 8.45. The molecule has 0 saturated carbocycles. The predicted octanol–water partition coefficient (Wildman–Crippen LogP) is 2.43. The van der Waals surface area contributed by atoms with Crippen LogP contribution in [0.5, 0.6) is 5.75 Å².